The van der Waals surface area contributed by atoms with E-state index in [0.29, 0.717) is 12.3 Å². The number of amides is 1. The van der Waals surface area contributed by atoms with Gasteiger partial charge in [0.25, 0.3) is 0 Å². The van der Waals surface area contributed by atoms with Crippen molar-refractivity contribution in [3.8, 4) is 5.75 Å². The Bertz CT molecular complexity index is 428. The van der Waals surface area contributed by atoms with E-state index in [9.17, 15) is 4.79 Å². The van der Waals surface area contributed by atoms with E-state index >= 15 is 0 Å². The molecule has 104 valence electrons. The molecule has 1 amide bonds. The molecule has 0 aliphatic carbocycles. The fourth-order valence-electron chi connectivity index (χ4n) is 2.45. The second kappa shape index (κ2) is 6.57. The summed E-state index contributed by atoms with van der Waals surface area (Å²) in [6, 6.07) is 7.69. The molecule has 1 aromatic rings. The predicted molar refractivity (Wildman–Crippen MR) is 75.3 cm³/mol. The first kappa shape index (κ1) is 13.9. The lowest BCUT2D eigenvalue weighted by Crippen LogP contribution is -2.33. The Labute approximate surface area is 114 Å². The number of hydrogen-bond acceptors (Lipinski definition) is 3. The lowest BCUT2D eigenvalue weighted by Gasteiger charge is -2.20. The molecular formula is C15H22N2O2. The Balaban J connectivity index is 1.88. The Hall–Kier alpha value is -1.55. The highest BCUT2D eigenvalue weighted by Crippen LogP contribution is 2.14. The van der Waals surface area contributed by atoms with Crippen molar-refractivity contribution in [3.63, 3.8) is 0 Å². The average molecular weight is 262 g/mol. The molecule has 0 spiro atoms. The quantitative estimate of drug-likeness (QED) is 0.870. The fraction of sp³-hybridized carbons (Fsp3) is 0.533. The van der Waals surface area contributed by atoms with Crippen LogP contribution in [0, 0.1) is 5.92 Å². The molecule has 0 aromatic heterocycles. The van der Waals surface area contributed by atoms with Crippen molar-refractivity contribution in [3.05, 3.63) is 29.8 Å². The summed E-state index contributed by atoms with van der Waals surface area (Å²) in [4.78, 5) is 14.0. The molecule has 1 N–H and O–H groups in total. The Morgan fingerprint density at radius 1 is 1.53 bits per heavy atom. The molecule has 1 aliphatic rings. The number of nitrogens with zero attached hydrogens (tertiary/aromatic N) is 1. The lowest BCUT2D eigenvalue weighted by atomic mass is 10.1. The van der Waals surface area contributed by atoms with Crippen molar-refractivity contribution < 1.29 is 9.53 Å². The second-order valence-corrected chi connectivity index (χ2v) is 5.16. The number of benzene rings is 1. The van der Waals surface area contributed by atoms with E-state index in [1.54, 1.807) is 7.11 Å². The van der Waals surface area contributed by atoms with Crippen LogP contribution in [0.5, 0.6) is 5.75 Å². The molecule has 0 bridgehead atoms. The van der Waals surface area contributed by atoms with Gasteiger partial charge in [-0.1, -0.05) is 12.1 Å². The number of nitrogens with one attached hydrogen (secondary N) is 1. The van der Waals surface area contributed by atoms with Crippen molar-refractivity contribution in [2.24, 2.45) is 5.92 Å². The molecule has 1 fully saturated rings. The van der Waals surface area contributed by atoms with Crippen LogP contribution in [0.4, 0.5) is 0 Å². The van der Waals surface area contributed by atoms with Gasteiger partial charge in [-0.3, -0.25) is 4.79 Å². The van der Waals surface area contributed by atoms with Crippen LogP contribution < -0.4 is 10.1 Å². The molecule has 4 heteroatoms. The highest BCUT2D eigenvalue weighted by atomic mass is 16.5. The molecule has 0 saturated carbocycles. The molecular weight excluding hydrogens is 240 g/mol. The summed E-state index contributed by atoms with van der Waals surface area (Å²) in [5.74, 6) is 1.56. The van der Waals surface area contributed by atoms with E-state index < -0.39 is 0 Å². The zero-order valence-electron chi connectivity index (χ0n) is 11.7. The molecule has 1 atom stereocenters. The van der Waals surface area contributed by atoms with E-state index in [-0.39, 0.29) is 5.91 Å². The van der Waals surface area contributed by atoms with Crippen LogP contribution in [0.2, 0.25) is 0 Å². The van der Waals surface area contributed by atoms with Crippen molar-refractivity contribution >= 4 is 5.91 Å². The van der Waals surface area contributed by atoms with Gasteiger partial charge in [-0.25, -0.2) is 0 Å². The highest BCUT2D eigenvalue weighted by molar-refractivity contribution is 5.78. The van der Waals surface area contributed by atoms with E-state index in [1.165, 1.54) is 0 Å². The molecule has 2 rings (SSSR count). The summed E-state index contributed by atoms with van der Waals surface area (Å²) in [7, 11) is 3.53. The van der Waals surface area contributed by atoms with Crippen molar-refractivity contribution in [1.82, 2.24) is 10.2 Å². The molecule has 1 unspecified atom stereocenters. The molecule has 1 heterocycles. The van der Waals surface area contributed by atoms with E-state index in [4.69, 9.17) is 4.74 Å². The van der Waals surface area contributed by atoms with Gasteiger partial charge in [-0.05, 0) is 43.1 Å². The maximum atomic E-state index is 12.2. The zero-order chi connectivity index (χ0) is 13.7. The number of methoxy groups -OCH3 is 1. The van der Waals surface area contributed by atoms with Gasteiger partial charge < -0.3 is 15.0 Å². The maximum absolute atomic E-state index is 12.2. The smallest absolute Gasteiger partial charge is 0.226 e. The van der Waals surface area contributed by atoms with Crippen LogP contribution in [-0.4, -0.2) is 44.6 Å². The van der Waals surface area contributed by atoms with E-state index in [2.05, 4.69) is 5.32 Å². The van der Waals surface area contributed by atoms with Crippen LogP contribution in [0.1, 0.15) is 12.0 Å². The summed E-state index contributed by atoms with van der Waals surface area (Å²) in [6.45, 7) is 2.94. The average Bonchev–Trinajstić information content (AvgIpc) is 2.91. The highest BCUT2D eigenvalue weighted by Gasteiger charge is 2.19. The molecule has 0 radical (unpaired) electrons. The van der Waals surface area contributed by atoms with Crippen molar-refractivity contribution in [1.29, 1.82) is 0 Å². The first-order valence-electron chi connectivity index (χ1n) is 6.76. The Morgan fingerprint density at radius 2 is 2.37 bits per heavy atom. The van der Waals surface area contributed by atoms with Gasteiger partial charge in [-0.2, -0.15) is 0 Å². The number of hydrogen-bond donors (Lipinski definition) is 1. The van der Waals surface area contributed by atoms with Gasteiger partial charge in [0, 0.05) is 13.6 Å². The van der Waals surface area contributed by atoms with Crippen LogP contribution in [-0.2, 0) is 11.2 Å². The van der Waals surface area contributed by atoms with Gasteiger partial charge in [0.15, 0.2) is 0 Å². The summed E-state index contributed by atoms with van der Waals surface area (Å²) in [5, 5.41) is 3.33. The normalized spacial score (nSPS) is 18.3. The predicted octanol–water partition coefficient (Wildman–Crippen LogP) is 1.31. The molecule has 4 nitrogen and oxygen atoms in total. The van der Waals surface area contributed by atoms with Crippen LogP contribution in [0.3, 0.4) is 0 Å². The van der Waals surface area contributed by atoms with Gasteiger partial charge >= 0.3 is 0 Å². The summed E-state index contributed by atoms with van der Waals surface area (Å²) in [5.41, 5.74) is 1.00. The van der Waals surface area contributed by atoms with Crippen molar-refractivity contribution in [2.45, 2.75) is 12.8 Å². The minimum absolute atomic E-state index is 0.167. The summed E-state index contributed by atoms with van der Waals surface area (Å²) >= 11 is 0. The Kier molecular flexibility index (Phi) is 4.80. The lowest BCUT2D eigenvalue weighted by molar-refractivity contribution is -0.129. The standard InChI is InChI=1S/C15H22N2O2/c1-17(11-13-6-7-16-10-13)15(18)9-12-4-3-5-14(8-12)19-2/h3-5,8,13,16H,6-7,9-11H2,1-2H3. The largest absolute Gasteiger partial charge is 0.497 e. The number of ether oxygens (including phenoxy) is 1. The third kappa shape index (κ3) is 3.96. The first-order valence-corrected chi connectivity index (χ1v) is 6.76. The molecule has 19 heavy (non-hydrogen) atoms. The summed E-state index contributed by atoms with van der Waals surface area (Å²) in [6.07, 6.45) is 1.60. The number of rotatable bonds is 5. The van der Waals surface area contributed by atoms with Crippen LogP contribution >= 0.6 is 0 Å². The zero-order valence-corrected chi connectivity index (χ0v) is 11.7. The fourth-order valence-corrected chi connectivity index (χ4v) is 2.45. The SMILES string of the molecule is COc1cccc(CC(=O)N(C)CC2CCNC2)c1. The first-order chi connectivity index (χ1) is 9.19. The number of carbonyl (C=O) groups excluding carboxylic acids is 1. The van der Waals surface area contributed by atoms with Crippen molar-refractivity contribution in [2.75, 3.05) is 33.8 Å². The molecule has 1 aliphatic heterocycles. The molecule has 1 aromatic carbocycles. The number of likely N-dealkylation sites (N-methyl/N-ethyl adjacent to an activating group) is 1. The Morgan fingerprint density at radius 3 is 3.05 bits per heavy atom. The monoisotopic (exact) mass is 262 g/mol. The van der Waals surface area contributed by atoms with Gasteiger partial charge in [0.05, 0.1) is 13.5 Å². The van der Waals surface area contributed by atoms with Gasteiger partial charge in [0.1, 0.15) is 5.75 Å². The van der Waals surface area contributed by atoms with Gasteiger partial charge in [-0.15, -0.1) is 0 Å². The van der Waals surface area contributed by atoms with E-state index in [0.717, 1.165) is 37.4 Å². The minimum Gasteiger partial charge on any atom is -0.497 e. The minimum atomic E-state index is 0.167. The number of carbonyl (C=O) groups is 1. The third-order valence-corrected chi connectivity index (χ3v) is 3.61. The second-order valence-electron chi connectivity index (χ2n) is 5.16. The topological polar surface area (TPSA) is 41.6 Å². The van der Waals surface area contributed by atoms with Crippen LogP contribution in [0.25, 0.3) is 0 Å². The third-order valence-electron chi connectivity index (χ3n) is 3.61. The van der Waals surface area contributed by atoms with E-state index in [1.807, 2.05) is 36.2 Å². The summed E-state index contributed by atoms with van der Waals surface area (Å²) < 4.78 is 5.17. The molecule has 1 saturated heterocycles. The maximum Gasteiger partial charge on any atom is 0.226 e. The van der Waals surface area contributed by atoms with Gasteiger partial charge in [0.2, 0.25) is 5.91 Å². The van der Waals surface area contributed by atoms with Crippen LogP contribution in [0.15, 0.2) is 24.3 Å².